The van der Waals surface area contributed by atoms with Gasteiger partial charge in [0, 0.05) is 54.2 Å². The smallest absolute Gasteiger partial charge is 0.275 e. The number of carbonyl (C=O) groups is 3. The van der Waals surface area contributed by atoms with Crippen LogP contribution in [0.4, 0.5) is 0 Å². The summed E-state index contributed by atoms with van der Waals surface area (Å²) in [5.41, 5.74) is 3.56. The zero-order valence-corrected chi connectivity index (χ0v) is 25.5. The van der Waals surface area contributed by atoms with Gasteiger partial charge in [-0.15, -0.1) is 0 Å². The minimum Gasteiger partial charge on any atom is -0.356 e. The zero-order chi connectivity index (χ0) is 31.6. The van der Waals surface area contributed by atoms with Crippen molar-refractivity contribution in [2.45, 2.75) is 50.6 Å². The molecule has 3 N–H and O–H groups in total. The van der Waals surface area contributed by atoms with Gasteiger partial charge >= 0.3 is 0 Å². The summed E-state index contributed by atoms with van der Waals surface area (Å²) < 4.78 is 1.50. The number of amides is 2. The van der Waals surface area contributed by atoms with Crippen molar-refractivity contribution >= 4 is 39.3 Å². The quantitative estimate of drug-likeness (QED) is 0.188. The van der Waals surface area contributed by atoms with Crippen molar-refractivity contribution in [2.75, 3.05) is 6.54 Å². The number of carbonyl (C=O) groups excluding carboxylic acids is 3. The number of aromatic amines is 1. The number of nitrogens with one attached hydrogen (secondary N) is 3. The molecular formula is C38H36N4O4. The molecule has 1 saturated carbocycles. The summed E-state index contributed by atoms with van der Waals surface area (Å²) in [6.45, 7) is 0.600. The summed E-state index contributed by atoms with van der Waals surface area (Å²) in [7, 11) is 0. The van der Waals surface area contributed by atoms with Crippen LogP contribution in [0.3, 0.4) is 0 Å². The van der Waals surface area contributed by atoms with Crippen molar-refractivity contribution in [2.24, 2.45) is 5.92 Å². The number of benzene rings is 3. The summed E-state index contributed by atoms with van der Waals surface area (Å²) in [5.74, 6) is -0.536. The van der Waals surface area contributed by atoms with Gasteiger partial charge < -0.3 is 20.2 Å². The van der Waals surface area contributed by atoms with Crippen molar-refractivity contribution in [3.05, 3.63) is 119 Å². The lowest BCUT2D eigenvalue weighted by Crippen LogP contribution is -2.43. The van der Waals surface area contributed by atoms with Gasteiger partial charge in [-0.3, -0.25) is 19.2 Å². The topological polar surface area (TPSA) is 113 Å². The van der Waals surface area contributed by atoms with E-state index in [2.05, 4.69) is 33.8 Å². The lowest BCUT2D eigenvalue weighted by atomic mass is 9.95. The molecular weight excluding hydrogens is 576 g/mol. The normalized spacial score (nSPS) is 18.7. The maximum Gasteiger partial charge on any atom is 0.275 e. The maximum atomic E-state index is 14.2. The minimum absolute atomic E-state index is 0.0355. The first-order valence-corrected chi connectivity index (χ1v) is 16.0. The van der Waals surface area contributed by atoms with Gasteiger partial charge in [0.25, 0.3) is 5.56 Å². The van der Waals surface area contributed by atoms with E-state index in [-0.39, 0.29) is 29.1 Å². The van der Waals surface area contributed by atoms with E-state index in [4.69, 9.17) is 0 Å². The highest BCUT2D eigenvalue weighted by Crippen LogP contribution is 2.30. The van der Waals surface area contributed by atoms with Crippen LogP contribution in [0.1, 0.15) is 43.7 Å². The fraction of sp³-hybridized carbons (Fsp3) is 0.263. The second kappa shape index (κ2) is 12.6. The molecule has 2 aromatic heterocycles. The van der Waals surface area contributed by atoms with Gasteiger partial charge in [0.15, 0.2) is 5.78 Å². The second-order valence-corrected chi connectivity index (χ2v) is 12.4. The van der Waals surface area contributed by atoms with Gasteiger partial charge in [0.05, 0.1) is 0 Å². The molecule has 2 fully saturated rings. The molecule has 7 rings (SSSR count). The molecule has 3 heterocycles. The second-order valence-electron chi connectivity index (χ2n) is 12.4. The van der Waals surface area contributed by atoms with Crippen LogP contribution in [0.5, 0.6) is 0 Å². The average molecular weight is 613 g/mol. The minimum atomic E-state index is -0.860. The number of fused-ring (bicyclic) bond motifs is 2. The third kappa shape index (κ3) is 5.90. The number of aromatic nitrogens is 2. The molecule has 3 aromatic carbocycles. The van der Waals surface area contributed by atoms with Gasteiger partial charge in [-0.2, -0.15) is 0 Å². The van der Waals surface area contributed by atoms with Crippen LogP contribution in [0, 0.1) is 5.92 Å². The van der Waals surface area contributed by atoms with Gasteiger partial charge in [-0.1, -0.05) is 78.9 Å². The molecule has 5 aromatic rings. The van der Waals surface area contributed by atoms with E-state index in [0.717, 1.165) is 39.4 Å². The maximum absolute atomic E-state index is 14.2. The number of rotatable bonds is 9. The highest BCUT2D eigenvalue weighted by atomic mass is 16.2. The Labute approximate surface area is 266 Å². The number of H-pyrrole nitrogens is 1. The van der Waals surface area contributed by atoms with E-state index >= 15 is 0 Å². The van der Waals surface area contributed by atoms with Crippen LogP contribution in [0.15, 0.2) is 108 Å². The molecule has 46 heavy (non-hydrogen) atoms. The monoisotopic (exact) mass is 612 g/mol. The molecule has 0 spiro atoms. The average Bonchev–Trinajstić information content (AvgIpc) is 3.81. The third-order valence-corrected chi connectivity index (χ3v) is 9.34. The molecule has 0 bridgehead atoms. The van der Waals surface area contributed by atoms with Crippen LogP contribution < -0.4 is 16.2 Å². The summed E-state index contributed by atoms with van der Waals surface area (Å²) in [6, 6.07) is 26.3. The van der Waals surface area contributed by atoms with Crippen molar-refractivity contribution in [1.82, 2.24) is 20.2 Å². The SMILES string of the molecule is O=C1CCC/C1=C\[C@H](C[C@@H]1CCNC1=O)NC(=O)[C@H](Cc1ccccc1)n1ccc2cc(-c3cccc4ccccc34)[nH]c2c1=O. The molecule has 232 valence electrons. The van der Waals surface area contributed by atoms with Gasteiger partial charge in [0.2, 0.25) is 11.8 Å². The number of hydrogen-bond donors (Lipinski definition) is 3. The Morgan fingerprint density at radius 3 is 2.52 bits per heavy atom. The highest BCUT2D eigenvalue weighted by molar-refractivity contribution is 5.99. The Bertz CT molecular complexity index is 2040. The van der Waals surface area contributed by atoms with Crippen LogP contribution in [-0.4, -0.2) is 39.7 Å². The van der Waals surface area contributed by atoms with E-state index in [1.807, 2.05) is 72.8 Å². The van der Waals surface area contributed by atoms with Gasteiger partial charge in [-0.05, 0) is 59.7 Å². The van der Waals surface area contributed by atoms with E-state index in [9.17, 15) is 19.2 Å². The van der Waals surface area contributed by atoms with Crippen LogP contribution in [-0.2, 0) is 20.8 Å². The number of pyridine rings is 1. The van der Waals surface area contributed by atoms with E-state index < -0.39 is 12.1 Å². The number of ketones is 1. The first-order valence-electron chi connectivity index (χ1n) is 16.0. The summed E-state index contributed by atoms with van der Waals surface area (Å²) in [6.07, 6.45) is 6.85. The lowest BCUT2D eigenvalue weighted by Gasteiger charge is -2.24. The lowest BCUT2D eigenvalue weighted by molar-refractivity contribution is -0.126. The molecule has 2 amide bonds. The van der Waals surface area contributed by atoms with Crippen LogP contribution in [0.2, 0.25) is 0 Å². The largest absolute Gasteiger partial charge is 0.356 e. The Balaban J connectivity index is 1.25. The molecule has 1 aliphatic heterocycles. The van der Waals surface area contributed by atoms with Crippen molar-refractivity contribution in [3.63, 3.8) is 0 Å². The van der Waals surface area contributed by atoms with E-state index in [1.54, 1.807) is 6.20 Å². The number of nitrogens with zero attached hydrogens (tertiary/aromatic N) is 1. The van der Waals surface area contributed by atoms with E-state index in [1.165, 1.54) is 4.57 Å². The zero-order valence-electron chi connectivity index (χ0n) is 25.5. The number of Topliss-reactive ketones (excluding diaryl/α,β-unsaturated/α-hetero) is 1. The van der Waals surface area contributed by atoms with Gasteiger partial charge in [0.1, 0.15) is 11.6 Å². The molecule has 1 saturated heterocycles. The Morgan fingerprint density at radius 2 is 1.74 bits per heavy atom. The number of allylic oxidation sites excluding steroid dienone is 1. The standard InChI is InChI=1S/C38H36N4O4/c43-34-15-7-12-26(34)21-29(22-28-16-18-39-36(28)44)40-37(45)33(20-24-8-2-1-3-9-24)42-19-17-27-23-32(41-35(27)38(42)46)31-14-6-11-25-10-4-5-13-30(25)31/h1-6,8-11,13-14,17,19,21,23,28-29,33,41H,7,12,15-16,18,20,22H2,(H,39,44)(H,40,45)/b26-21+/t28-,29+,33-/m0/s1. The molecule has 0 unspecified atom stereocenters. The molecule has 0 radical (unpaired) electrons. The van der Waals surface area contributed by atoms with Crippen molar-refractivity contribution in [1.29, 1.82) is 0 Å². The van der Waals surface area contributed by atoms with Crippen molar-refractivity contribution in [3.8, 4) is 11.3 Å². The van der Waals surface area contributed by atoms with Gasteiger partial charge in [-0.25, -0.2) is 0 Å². The van der Waals surface area contributed by atoms with Crippen molar-refractivity contribution < 1.29 is 14.4 Å². The van der Waals surface area contributed by atoms with Crippen LogP contribution >= 0.6 is 0 Å². The molecule has 2 aliphatic rings. The third-order valence-electron chi connectivity index (χ3n) is 9.34. The summed E-state index contributed by atoms with van der Waals surface area (Å²) >= 11 is 0. The fourth-order valence-corrected chi connectivity index (χ4v) is 6.92. The van der Waals surface area contributed by atoms with E-state index in [0.29, 0.717) is 49.7 Å². The predicted octanol–water partition coefficient (Wildman–Crippen LogP) is 5.62. The highest BCUT2D eigenvalue weighted by Gasteiger charge is 2.31. The first kappa shape index (κ1) is 29.5. The Kier molecular flexibility index (Phi) is 8.09. The molecule has 8 nitrogen and oxygen atoms in total. The summed E-state index contributed by atoms with van der Waals surface area (Å²) in [4.78, 5) is 56.7. The fourth-order valence-electron chi connectivity index (χ4n) is 6.92. The Hall–Kier alpha value is -5.24. The first-order chi connectivity index (χ1) is 22.4. The summed E-state index contributed by atoms with van der Waals surface area (Å²) in [5, 5.41) is 8.96. The predicted molar refractivity (Wildman–Crippen MR) is 179 cm³/mol. The van der Waals surface area contributed by atoms with Crippen LogP contribution in [0.25, 0.3) is 32.9 Å². The molecule has 8 heteroatoms. The number of hydrogen-bond acceptors (Lipinski definition) is 4. The molecule has 1 aliphatic carbocycles. The molecule has 3 atom stereocenters. The Morgan fingerprint density at radius 1 is 0.935 bits per heavy atom.